The molecule has 5 bridgehead atoms. The number of methoxy groups -OCH3 is 1. The molecule has 1 amide bonds. The molecule has 0 radical (unpaired) electrons. The molecule has 0 fully saturated rings. The second kappa shape index (κ2) is 20.6. The van der Waals surface area contributed by atoms with E-state index in [0.717, 1.165) is 38.5 Å². The molecule has 14 nitrogen and oxygen atoms in total. The third-order valence-corrected chi connectivity index (χ3v) is 12.8. The Balaban J connectivity index is 1.82. The smallest absolute Gasteiger partial charge is 0.302 e. The lowest BCUT2D eigenvalue weighted by Gasteiger charge is -2.39. The van der Waals surface area contributed by atoms with Crippen molar-refractivity contribution in [3.63, 3.8) is 0 Å². The molecule has 1 unspecified atom stereocenters. The number of ether oxygens (including phenoxy) is 4. The van der Waals surface area contributed by atoms with Crippen LogP contribution in [-0.2, 0) is 23.8 Å². The van der Waals surface area contributed by atoms with E-state index >= 15 is 0 Å². The van der Waals surface area contributed by atoms with Gasteiger partial charge in [-0.2, -0.15) is 0 Å². The van der Waals surface area contributed by atoms with Crippen LogP contribution in [0.2, 0.25) is 0 Å². The summed E-state index contributed by atoms with van der Waals surface area (Å²) < 4.78 is 24.0. The molecule has 3 heterocycles. The predicted molar refractivity (Wildman–Crippen MR) is 226 cm³/mol. The van der Waals surface area contributed by atoms with Crippen LogP contribution in [-0.4, -0.2) is 93.7 Å². The zero-order valence-corrected chi connectivity index (χ0v) is 36.8. The van der Waals surface area contributed by atoms with Gasteiger partial charge in [-0.25, -0.2) is 0 Å². The number of aromatic hydroxyl groups is 3. The molecule has 0 saturated heterocycles. The van der Waals surface area contributed by atoms with Crippen LogP contribution in [0.15, 0.2) is 0 Å². The molecule has 0 aliphatic carbocycles. The molecule has 59 heavy (non-hydrogen) atoms. The van der Waals surface area contributed by atoms with Crippen LogP contribution in [0.25, 0.3) is 10.8 Å². The van der Waals surface area contributed by atoms with Crippen molar-refractivity contribution in [3.05, 3.63) is 11.1 Å². The molecule has 332 valence electrons. The second-order valence-electron chi connectivity index (χ2n) is 17.3. The highest BCUT2D eigenvalue weighted by Crippen LogP contribution is 2.57. The minimum absolute atomic E-state index is 0.00381. The van der Waals surface area contributed by atoms with Gasteiger partial charge in [0, 0.05) is 62.1 Å². The Bertz CT molecular complexity index is 1800. The van der Waals surface area contributed by atoms with Crippen molar-refractivity contribution in [2.75, 3.05) is 30.9 Å². The predicted octanol–water partition coefficient (Wildman–Crippen LogP) is 7.71. The fourth-order valence-corrected chi connectivity index (χ4v) is 8.86. The van der Waals surface area contributed by atoms with E-state index in [1.165, 1.54) is 27.9 Å². The molecule has 3 aliphatic rings. The molecular formula is C45H70N2O12. The monoisotopic (exact) mass is 830 g/mol. The molecule has 2 aromatic rings. The summed E-state index contributed by atoms with van der Waals surface area (Å²) >= 11 is 0. The van der Waals surface area contributed by atoms with Crippen LogP contribution < -0.4 is 15.4 Å². The van der Waals surface area contributed by atoms with Gasteiger partial charge in [-0.1, -0.05) is 80.1 Å². The first-order valence-electron chi connectivity index (χ1n) is 21.6. The summed E-state index contributed by atoms with van der Waals surface area (Å²) in [5.74, 6) is -7.49. The van der Waals surface area contributed by atoms with Crippen molar-refractivity contribution in [1.29, 1.82) is 0 Å². The maximum absolute atomic E-state index is 14.4. The van der Waals surface area contributed by atoms with E-state index in [0.29, 0.717) is 25.8 Å². The average Bonchev–Trinajstić information content (AvgIpc) is 3.46. The first-order chi connectivity index (χ1) is 27.8. The summed E-state index contributed by atoms with van der Waals surface area (Å²) in [5, 5.41) is 64.2. The number of aliphatic hydroxyl groups is 2. The van der Waals surface area contributed by atoms with Crippen LogP contribution in [0.1, 0.15) is 136 Å². The number of benzene rings is 2. The number of amides is 1. The average molecular weight is 831 g/mol. The highest BCUT2D eigenvalue weighted by atomic mass is 16.7. The lowest BCUT2D eigenvalue weighted by atomic mass is 9.77. The number of ketones is 1. The van der Waals surface area contributed by atoms with E-state index in [-0.39, 0.29) is 58.0 Å². The van der Waals surface area contributed by atoms with Crippen LogP contribution in [0.3, 0.4) is 0 Å². The van der Waals surface area contributed by atoms with Gasteiger partial charge in [0.25, 0.3) is 5.79 Å². The molecule has 5 rings (SSSR count). The maximum atomic E-state index is 14.4. The Morgan fingerprint density at radius 1 is 0.881 bits per heavy atom. The third-order valence-electron chi connectivity index (χ3n) is 12.8. The lowest BCUT2D eigenvalue weighted by Crippen LogP contribution is -2.47. The largest absolute Gasteiger partial charge is 0.507 e. The van der Waals surface area contributed by atoms with Gasteiger partial charge >= 0.3 is 5.97 Å². The SMILES string of the molecule is CCCCCCCCNc1c2c(O)c3c(O)c(C)c4c(c3c1O)C(=O)[C@@](C)(OCC[C@@H](OC)[C@H](C)[C@@H](OC(C)=O)[C@@H](C)[C@H](O)[C@@H](C)[C@@H](O)[C@H](C)CCCC(C)C(=O)N2)O4. The minimum Gasteiger partial charge on any atom is -0.507 e. The highest BCUT2D eigenvalue weighted by Gasteiger charge is 2.49. The molecule has 14 heteroatoms. The number of anilines is 2. The Labute approximate surface area is 349 Å². The van der Waals surface area contributed by atoms with Crippen molar-refractivity contribution in [1.82, 2.24) is 0 Å². The van der Waals surface area contributed by atoms with E-state index in [2.05, 4.69) is 17.6 Å². The third kappa shape index (κ3) is 10.4. The zero-order chi connectivity index (χ0) is 43.9. The van der Waals surface area contributed by atoms with E-state index in [9.17, 15) is 39.9 Å². The normalized spacial score (nSPS) is 30.0. The van der Waals surface area contributed by atoms with Crippen molar-refractivity contribution >= 4 is 39.8 Å². The van der Waals surface area contributed by atoms with E-state index < -0.39 is 88.8 Å². The summed E-state index contributed by atoms with van der Waals surface area (Å²) in [6.45, 7) is 15.7. The molecule has 0 saturated carbocycles. The number of fused-ring (bicyclic) bond motifs is 17. The van der Waals surface area contributed by atoms with Gasteiger partial charge in [-0.05, 0) is 38.5 Å². The van der Waals surface area contributed by atoms with Gasteiger partial charge < -0.3 is 55.1 Å². The van der Waals surface area contributed by atoms with Crippen LogP contribution in [0, 0.1) is 36.5 Å². The Hall–Kier alpha value is -3.85. The number of hydrogen-bond donors (Lipinski definition) is 7. The molecule has 2 aromatic carbocycles. The van der Waals surface area contributed by atoms with Gasteiger partial charge in [0.2, 0.25) is 11.7 Å². The topological polar surface area (TPSA) is 213 Å². The first-order valence-corrected chi connectivity index (χ1v) is 21.6. The molecular weight excluding hydrogens is 760 g/mol. The fourth-order valence-electron chi connectivity index (χ4n) is 8.86. The molecule has 0 spiro atoms. The number of carbonyl (C=O) groups is 3. The number of phenols is 3. The standard InChI is InChI=1S/C45H70N2O12/c1-11-12-13-14-15-16-21-46-34-35-40(53)32-31(39(34)52)33-42(28(7)38(32)51)59-45(9,43(33)54)57-22-20-30(56-10)25(4)41(58-29(8)48)27(6)37(50)26(5)36(49)23(2)18-17-19-24(3)44(55)47-35/h23-27,30,36-37,41,46,49-53H,11-22H2,1-10H3,(H,47,55)/t23-,24?,25+,26+,27+,30-,36+,37-,41-,45+/m1/s1. The van der Waals surface area contributed by atoms with E-state index in [1.54, 1.807) is 20.8 Å². The molecule has 0 aromatic heterocycles. The number of aliphatic hydroxyl groups excluding tert-OH is 2. The summed E-state index contributed by atoms with van der Waals surface area (Å²) in [5.41, 5.74) is -0.0878. The summed E-state index contributed by atoms with van der Waals surface area (Å²) in [6.07, 6.45) is 4.40. The van der Waals surface area contributed by atoms with Crippen molar-refractivity contribution in [2.24, 2.45) is 29.6 Å². The van der Waals surface area contributed by atoms with Gasteiger partial charge in [-0.3, -0.25) is 14.4 Å². The van der Waals surface area contributed by atoms with Crippen LogP contribution >= 0.6 is 0 Å². The molecule has 3 aliphatic heterocycles. The quantitative estimate of drug-likeness (QED) is 0.0530. The zero-order valence-electron chi connectivity index (χ0n) is 36.8. The molecule has 7 N–H and O–H groups in total. The summed E-state index contributed by atoms with van der Waals surface area (Å²) in [4.78, 5) is 40.6. The van der Waals surface area contributed by atoms with Gasteiger partial charge in [0.1, 0.15) is 34.7 Å². The lowest BCUT2D eigenvalue weighted by molar-refractivity contribution is -0.164. The van der Waals surface area contributed by atoms with Gasteiger partial charge in [0.05, 0.1) is 35.9 Å². The number of esters is 1. The van der Waals surface area contributed by atoms with Gasteiger partial charge in [-0.15, -0.1) is 0 Å². The van der Waals surface area contributed by atoms with Crippen LogP contribution in [0.5, 0.6) is 23.0 Å². The second-order valence-corrected chi connectivity index (χ2v) is 17.3. The number of phenolic OH excluding ortho intramolecular Hbond substituents is 3. The van der Waals surface area contributed by atoms with E-state index in [4.69, 9.17) is 18.9 Å². The first kappa shape index (κ1) is 47.8. The molecule has 10 atom stereocenters. The summed E-state index contributed by atoms with van der Waals surface area (Å²) in [7, 11) is 1.51. The van der Waals surface area contributed by atoms with Crippen molar-refractivity contribution in [3.8, 4) is 23.0 Å². The Morgan fingerprint density at radius 3 is 2.19 bits per heavy atom. The maximum Gasteiger partial charge on any atom is 0.302 e. The van der Waals surface area contributed by atoms with Crippen LogP contribution in [0.4, 0.5) is 11.4 Å². The van der Waals surface area contributed by atoms with Gasteiger partial charge in [0.15, 0.2) is 5.75 Å². The number of Topliss-reactive ketones (excluding diaryl/α,β-unsaturated/α-hetero) is 1. The van der Waals surface area contributed by atoms with E-state index in [1.807, 2.05) is 13.8 Å². The van der Waals surface area contributed by atoms with Crippen molar-refractivity contribution < 1.29 is 58.9 Å². The number of nitrogens with one attached hydrogen (secondary N) is 2. The van der Waals surface area contributed by atoms with Crippen molar-refractivity contribution in [2.45, 2.75) is 157 Å². The summed E-state index contributed by atoms with van der Waals surface area (Å²) in [6, 6.07) is 0. The minimum atomic E-state index is -1.92. The number of rotatable bonds is 10. The highest BCUT2D eigenvalue weighted by molar-refractivity contribution is 6.23. The Morgan fingerprint density at radius 2 is 1.54 bits per heavy atom. The number of unbranched alkanes of at least 4 members (excludes halogenated alkanes) is 5. The Kier molecular flexibility index (Phi) is 16.7. The number of carbonyl (C=O) groups excluding carboxylic acids is 3. The fraction of sp³-hybridized carbons (Fsp3) is 0.711. The number of hydrogen-bond acceptors (Lipinski definition) is 13.